The predicted octanol–water partition coefficient (Wildman–Crippen LogP) is -19.6. The van der Waals surface area contributed by atoms with Crippen LogP contribution in [0, 0.1) is 0 Å². The van der Waals surface area contributed by atoms with Crippen LogP contribution in [-0.2, 0) is 10.4 Å². The molecule has 0 fully saturated rings. The van der Waals surface area contributed by atoms with E-state index in [4.69, 9.17) is 17.5 Å². The zero-order valence-electron chi connectivity index (χ0n) is 13.1. The van der Waals surface area contributed by atoms with Gasteiger partial charge in [-0.15, -0.1) is 0 Å². The molecule has 0 saturated heterocycles. The first kappa shape index (κ1) is 596. The predicted molar refractivity (Wildman–Crippen MR) is 90.3 cm³/mol. The summed E-state index contributed by atoms with van der Waals surface area (Å²) in [7, 11) is -4.67. The third kappa shape index (κ3) is 7920. The van der Waals surface area contributed by atoms with Crippen molar-refractivity contribution < 1.29 is 169 Å². The molecule has 0 rings (SSSR count). The largest absolute Gasteiger partial charge is 1.00 e. The van der Waals surface area contributed by atoms with E-state index in [9.17, 15) is 0 Å². The third-order valence-electron chi connectivity index (χ3n) is 0. The van der Waals surface area contributed by atoms with Crippen LogP contribution in [0.5, 0.6) is 0 Å². The smallest absolute Gasteiger partial charge is 1.00 e. The SMILES string of the molecule is O.O.O.O.O.O.O.O.O.O.O.O.O.O.O.O.O.O.O=S(=O)(O)O.[AlH3].[H-].[K+]. The van der Waals surface area contributed by atoms with Gasteiger partial charge < -0.3 is 100.0 Å². The van der Waals surface area contributed by atoms with E-state index in [1.807, 2.05) is 0 Å². The van der Waals surface area contributed by atoms with Crippen molar-refractivity contribution in [1.29, 1.82) is 0 Å². The first-order valence-electron chi connectivity index (χ1n) is 0.698. The van der Waals surface area contributed by atoms with Crippen LogP contribution in [0.4, 0.5) is 0 Å². The molecule has 25 heavy (non-hydrogen) atoms. The Labute approximate surface area is 195 Å². The molecule has 0 heterocycles. The van der Waals surface area contributed by atoms with Crippen LogP contribution in [0.15, 0.2) is 0 Å². The molecular weight excluding hydrogens is 450 g/mol. The molecule has 0 saturated carbocycles. The summed E-state index contributed by atoms with van der Waals surface area (Å²) in [5.74, 6) is 0. The van der Waals surface area contributed by atoms with Crippen LogP contribution in [-0.4, -0.2) is 133 Å². The van der Waals surface area contributed by atoms with Gasteiger partial charge in [-0.1, -0.05) is 0 Å². The standard InChI is InChI=1S/Al.K.H2O4S.18H2O.4H/c;;1-5(2,3)4;;;;;;;;;;;;;;;;;;;;;;/h;;(H2,1,2,3,4);18*1H2;;;;/q;+1;;;;;;;;;;;;;;;;;;;;;;;-1. The zero-order valence-corrected chi connectivity index (χ0v) is 16.1. The van der Waals surface area contributed by atoms with E-state index in [1.54, 1.807) is 0 Å². The van der Waals surface area contributed by atoms with E-state index >= 15 is 0 Å². The average molecular weight is 492 g/mol. The molecule has 0 bridgehead atoms. The topological polar surface area (TPSA) is 642 Å². The third-order valence-corrected chi connectivity index (χ3v) is 0. The number of rotatable bonds is 0. The molecule has 184 valence electrons. The summed E-state index contributed by atoms with van der Waals surface area (Å²) in [6, 6.07) is 0. The Morgan fingerprint density at radius 3 is 0.400 bits per heavy atom. The van der Waals surface area contributed by atoms with E-state index in [1.165, 1.54) is 0 Å². The summed E-state index contributed by atoms with van der Waals surface area (Å²) < 4.78 is 31.6. The molecule has 0 aromatic carbocycles. The van der Waals surface area contributed by atoms with Crippen LogP contribution < -0.4 is 51.4 Å². The molecule has 25 heteroatoms. The van der Waals surface area contributed by atoms with Gasteiger partial charge in [0.1, 0.15) is 0 Å². The molecule has 0 unspecified atom stereocenters. The van der Waals surface area contributed by atoms with E-state index in [2.05, 4.69) is 0 Å². The van der Waals surface area contributed by atoms with Gasteiger partial charge in [-0.2, -0.15) is 8.42 Å². The van der Waals surface area contributed by atoms with Gasteiger partial charge in [-0.05, 0) is 0 Å². The van der Waals surface area contributed by atoms with Crippen LogP contribution in [0.3, 0.4) is 0 Å². The zero-order chi connectivity index (χ0) is 4.50. The Bertz CT molecular complexity index is 107. The van der Waals surface area contributed by atoms with Gasteiger partial charge in [0, 0.05) is 0 Å². The summed E-state index contributed by atoms with van der Waals surface area (Å²) in [5.41, 5.74) is 0. The van der Waals surface area contributed by atoms with Crippen molar-refractivity contribution in [2.45, 2.75) is 0 Å². The van der Waals surface area contributed by atoms with Crippen molar-refractivity contribution in [3.05, 3.63) is 0 Å². The normalized spacial score (nSPS) is 2.32. The molecule has 0 aromatic rings. The summed E-state index contributed by atoms with van der Waals surface area (Å²) in [5, 5.41) is 0. The minimum atomic E-state index is -4.67. The Kier molecular flexibility index (Phi) is 6670. The molecule has 0 spiro atoms. The van der Waals surface area contributed by atoms with Crippen LogP contribution in [0.1, 0.15) is 1.43 Å². The van der Waals surface area contributed by atoms with Crippen molar-refractivity contribution in [1.82, 2.24) is 0 Å². The molecular formula is H42AlKO22S. The maximum atomic E-state index is 8.74. The minimum absolute atomic E-state index is 0. The van der Waals surface area contributed by atoms with Crippen LogP contribution in [0.25, 0.3) is 0 Å². The molecule has 0 atom stereocenters. The second-order valence-electron chi connectivity index (χ2n) is 0.448. The van der Waals surface area contributed by atoms with Crippen molar-refractivity contribution in [3.63, 3.8) is 0 Å². The summed E-state index contributed by atoms with van der Waals surface area (Å²) in [4.78, 5) is 0. The summed E-state index contributed by atoms with van der Waals surface area (Å²) in [6.07, 6.45) is 0. The van der Waals surface area contributed by atoms with E-state index in [-0.39, 0.29) is 169 Å². The monoisotopic (exact) mass is 492 g/mol. The van der Waals surface area contributed by atoms with Gasteiger partial charge in [0.2, 0.25) is 0 Å². The van der Waals surface area contributed by atoms with Crippen LogP contribution >= 0.6 is 0 Å². The van der Waals surface area contributed by atoms with Crippen molar-refractivity contribution >= 4 is 27.8 Å². The van der Waals surface area contributed by atoms with Gasteiger partial charge >= 0.3 is 61.8 Å². The number of hydrogen-bond acceptors (Lipinski definition) is 2. The van der Waals surface area contributed by atoms with Gasteiger partial charge in [0.05, 0.1) is 0 Å². The van der Waals surface area contributed by atoms with Crippen molar-refractivity contribution in [2.24, 2.45) is 0 Å². The first-order chi connectivity index (χ1) is 2.00. The Hall–Kier alpha value is 1.32. The Balaban J connectivity index is -0.000000000381. The first-order valence-corrected chi connectivity index (χ1v) is 2.10. The second-order valence-corrected chi connectivity index (χ2v) is 1.34. The van der Waals surface area contributed by atoms with Crippen molar-refractivity contribution in [3.8, 4) is 0 Å². The maximum absolute atomic E-state index is 8.74. The van der Waals surface area contributed by atoms with Crippen molar-refractivity contribution in [2.75, 3.05) is 0 Å². The molecule has 0 aliphatic heterocycles. The summed E-state index contributed by atoms with van der Waals surface area (Å²) >= 11 is 0. The van der Waals surface area contributed by atoms with E-state index < -0.39 is 10.4 Å². The average Bonchev–Trinajstić information content (AvgIpc) is 0.722. The fraction of sp³-hybridized carbons (Fsp3) is 0. The van der Waals surface area contributed by atoms with E-state index in [0.29, 0.717) is 0 Å². The quantitative estimate of drug-likeness (QED) is 0.245. The molecule has 0 aliphatic carbocycles. The minimum Gasteiger partial charge on any atom is -1.00 e. The fourth-order valence-electron chi connectivity index (χ4n) is 0. The van der Waals surface area contributed by atoms with Gasteiger partial charge in [0.25, 0.3) is 0 Å². The molecule has 22 nitrogen and oxygen atoms in total. The second kappa shape index (κ2) is 280. The molecule has 0 aliphatic rings. The molecule has 0 amide bonds. The van der Waals surface area contributed by atoms with Gasteiger partial charge in [-0.3, -0.25) is 9.11 Å². The fourth-order valence-corrected chi connectivity index (χ4v) is 0. The summed E-state index contributed by atoms with van der Waals surface area (Å²) in [6.45, 7) is 0. The molecule has 38 N–H and O–H groups in total. The molecule has 0 radical (unpaired) electrons. The van der Waals surface area contributed by atoms with Gasteiger partial charge in [0.15, 0.2) is 17.4 Å². The van der Waals surface area contributed by atoms with Crippen LogP contribution in [0.2, 0.25) is 0 Å². The van der Waals surface area contributed by atoms with Gasteiger partial charge in [-0.25, -0.2) is 0 Å². The maximum Gasteiger partial charge on any atom is 1.00 e. The number of hydrogen-bond donors (Lipinski definition) is 2. The molecule has 0 aromatic heterocycles. The van der Waals surface area contributed by atoms with E-state index in [0.717, 1.165) is 0 Å². The Morgan fingerprint density at radius 1 is 0.400 bits per heavy atom. The Morgan fingerprint density at radius 2 is 0.400 bits per heavy atom.